The van der Waals surface area contributed by atoms with Gasteiger partial charge in [0.2, 0.25) is 0 Å². The molecule has 3 atom stereocenters. The molecule has 0 saturated heterocycles. The summed E-state index contributed by atoms with van der Waals surface area (Å²) < 4.78 is 0. The van der Waals surface area contributed by atoms with Crippen LogP contribution in [0.2, 0.25) is 0 Å². The molecule has 3 unspecified atom stereocenters. The number of hydrogen-bond acceptors (Lipinski definition) is 1. The van der Waals surface area contributed by atoms with Crippen molar-refractivity contribution in [2.24, 2.45) is 29.6 Å². The van der Waals surface area contributed by atoms with Crippen molar-refractivity contribution in [3.63, 3.8) is 0 Å². The van der Waals surface area contributed by atoms with Crippen LogP contribution in [0.4, 0.5) is 0 Å². The molecule has 1 rings (SSSR count). The fourth-order valence-corrected chi connectivity index (χ4v) is 3.78. The molecule has 1 nitrogen and oxygen atoms in total. The van der Waals surface area contributed by atoms with Crippen LogP contribution in [0.1, 0.15) is 73.6 Å². The van der Waals surface area contributed by atoms with Gasteiger partial charge in [0.15, 0.2) is 0 Å². The van der Waals surface area contributed by atoms with Gasteiger partial charge < -0.3 is 5.32 Å². The topological polar surface area (TPSA) is 12.0 Å². The van der Waals surface area contributed by atoms with Gasteiger partial charge in [-0.1, -0.05) is 47.5 Å². The second kappa shape index (κ2) is 8.10. The lowest BCUT2D eigenvalue weighted by molar-refractivity contribution is 0.239. The second-order valence-corrected chi connectivity index (χ2v) is 7.58. The zero-order valence-electron chi connectivity index (χ0n) is 14.9. The summed E-state index contributed by atoms with van der Waals surface area (Å²) in [7, 11) is 2.08. The number of nitrogens with one attached hydrogen (secondary N) is 1. The van der Waals surface area contributed by atoms with E-state index >= 15 is 0 Å². The predicted octanol–water partition coefficient (Wildman–Crippen LogP) is 5.62. The van der Waals surface area contributed by atoms with Crippen molar-refractivity contribution in [2.45, 2.75) is 73.6 Å². The highest BCUT2D eigenvalue weighted by atomic mass is 14.8. The van der Waals surface area contributed by atoms with Crippen molar-refractivity contribution in [3.8, 4) is 0 Å². The van der Waals surface area contributed by atoms with Gasteiger partial charge in [-0.3, -0.25) is 0 Å². The molecule has 1 N–H and O–H groups in total. The van der Waals surface area contributed by atoms with Gasteiger partial charge in [0.05, 0.1) is 0 Å². The normalized spacial score (nSPS) is 29.1. The molecule has 1 fully saturated rings. The highest BCUT2D eigenvalue weighted by Crippen LogP contribution is 2.39. The molecule has 0 aliphatic heterocycles. The highest BCUT2D eigenvalue weighted by molar-refractivity contribution is 5.16. The quantitative estimate of drug-likeness (QED) is 0.704. The van der Waals surface area contributed by atoms with E-state index in [2.05, 4.69) is 53.9 Å². The fraction of sp³-hybridized carbons (Fsp3) is 0.895. The lowest BCUT2D eigenvalue weighted by atomic mass is 9.71. The van der Waals surface area contributed by atoms with Crippen LogP contribution >= 0.6 is 0 Å². The van der Waals surface area contributed by atoms with Gasteiger partial charge in [-0.2, -0.15) is 0 Å². The van der Waals surface area contributed by atoms with Crippen molar-refractivity contribution >= 4 is 0 Å². The SMILES string of the molecule is CN/C(C)=C1/CCC(C(C)C)CCCC1C(C)C(C)C. The summed E-state index contributed by atoms with van der Waals surface area (Å²) in [6, 6.07) is 0. The van der Waals surface area contributed by atoms with Crippen LogP contribution < -0.4 is 5.32 Å². The zero-order valence-corrected chi connectivity index (χ0v) is 14.9. The van der Waals surface area contributed by atoms with Gasteiger partial charge in [-0.05, 0) is 61.3 Å². The fourth-order valence-electron chi connectivity index (χ4n) is 3.78. The summed E-state index contributed by atoms with van der Waals surface area (Å²) in [4.78, 5) is 0. The molecular weight excluding hydrogens is 242 g/mol. The molecule has 1 heteroatoms. The Labute approximate surface area is 127 Å². The molecule has 0 spiro atoms. The first-order valence-electron chi connectivity index (χ1n) is 8.75. The Bertz CT molecular complexity index is 314. The largest absolute Gasteiger partial charge is 0.392 e. The van der Waals surface area contributed by atoms with E-state index < -0.39 is 0 Å². The molecule has 1 aliphatic rings. The minimum absolute atomic E-state index is 0.778. The van der Waals surface area contributed by atoms with Crippen molar-refractivity contribution in [3.05, 3.63) is 11.3 Å². The molecule has 118 valence electrons. The summed E-state index contributed by atoms with van der Waals surface area (Å²) in [6.07, 6.45) is 6.91. The maximum absolute atomic E-state index is 3.43. The third kappa shape index (κ3) is 4.53. The average Bonchev–Trinajstić information content (AvgIpc) is 2.36. The molecule has 0 aromatic rings. The molecule has 20 heavy (non-hydrogen) atoms. The standard InChI is InChI=1S/C19H37N/c1-13(2)15(5)18-10-8-9-17(14(3)4)11-12-19(18)16(6)20-7/h13-15,17-18,20H,8-12H2,1-7H3/b19-16-. The number of rotatable bonds is 4. The van der Waals surface area contributed by atoms with Crippen LogP contribution in [0.5, 0.6) is 0 Å². The van der Waals surface area contributed by atoms with E-state index in [1.165, 1.54) is 37.8 Å². The smallest absolute Gasteiger partial charge is 0.00672 e. The van der Waals surface area contributed by atoms with Gasteiger partial charge >= 0.3 is 0 Å². The Morgan fingerprint density at radius 3 is 2.20 bits per heavy atom. The van der Waals surface area contributed by atoms with Crippen LogP contribution in [0.15, 0.2) is 11.3 Å². The lowest BCUT2D eigenvalue weighted by Crippen LogP contribution is -2.25. The average molecular weight is 280 g/mol. The summed E-state index contributed by atoms with van der Waals surface area (Å²) in [5.74, 6) is 4.12. The summed E-state index contributed by atoms with van der Waals surface area (Å²) >= 11 is 0. The van der Waals surface area contributed by atoms with E-state index in [0.717, 1.165) is 29.6 Å². The molecule has 0 aromatic carbocycles. The summed E-state index contributed by atoms with van der Waals surface area (Å²) in [6.45, 7) is 14.3. The maximum Gasteiger partial charge on any atom is 0.00672 e. The van der Waals surface area contributed by atoms with E-state index in [-0.39, 0.29) is 0 Å². The third-order valence-corrected chi connectivity index (χ3v) is 5.81. The lowest BCUT2D eigenvalue weighted by Gasteiger charge is -2.35. The predicted molar refractivity (Wildman–Crippen MR) is 90.7 cm³/mol. The summed E-state index contributed by atoms with van der Waals surface area (Å²) in [5, 5.41) is 3.43. The maximum atomic E-state index is 3.43. The van der Waals surface area contributed by atoms with Gasteiger partial charge in [-0.15, -0.1) is 0 Å². The highest BCUT2D eigenvalue weighted by Gasteiger charge is 2.28. The van der Waals surface area contributed by atoms with Crippen LogP contribution in [0.25, 0.3) is 0 Å². The van der Waals surface area contributed by atoms with Crippen LogP contribution in [0.3, 0.4) is 0 Å². The number of allylic oxidation sites excluding steroid dienone is 2. The van der Waals surface area contributed by atoms with Gasteiger partial charge in [0.25, 0.3) is 0 Å². The molecule has 0 aromatic heterocycles. The monoisotopic (exact) mass is 279 g/mol. The molecule has 0 amide bonds. The minimum Gasteiger partial charge on any atom is -0.392 e. The Kier molecular flexibility index (Phi) is 7.12. The molecule has 0 heterocycles. The minimum atomic E-state index is 0.778. The van der Waals surface area contributed by atoms with Gasteiger partial charge in [0, 0.05) is 12.7 Å². The van der Waals surface area contributed by atoms with Gasteiger partial charge in [-0.25, -0.2) is 0 Å². The Balaban J connectivity index is 2.94. The molecule has 0 radical (unpaired) electrons. The number of hydrogen-bond donors (Lipinski definition) is 1. The van der Waals surface area contributed by atoms with E-state index in [9.17, 15) is 0 Å². The van der Waals surface area contributed by atoms with Crippen LogP contribution in [-0.2, 0) is 0 Å². The van der Waals surface area contributed by atoms with E-state index in [0.29, 0.717) is 0 Å². The van der Waals surface area contributed by atoms with Crippen molar-refractivity contribution < 1.29 is 0 Å². The van der Waals surface area contributed by atoms with E-state index in [1.54, 1.807) is 5.57 Å². The third-order valence-electron chi connectivity index (χ3n) is 5.81. The Hall–Kier alpha value is -0.460. The second-order valence-electron chi connectivity index (χ2n) is 7.58. The van der Waals surface area contributed by atoms with Gasteiger partial charge in [0.1, 0.15) is 0 Å². The van der Waals surface area contributed by atoms with Crippen LogP contribution in [-0.4, -0.2) is 7.05 Å². The van der Waals surface area contributed by atoms with Crippen LogP contribution in [0, 0.1) is 29.6 Å². The molecule has 1 saturated carbocycles. The van der Waals surface area contributed by atoms with Crippen molar-refractivity contribution in [1.82, 2.24) is 5.32 Å². The first-order chi connectivity index (χ1) is 9.38. The molecule has 1 aliphatic carbocycles. The first-order valence-corrected chi connectivity index (χ1v) is 8.75. The van der Waals surface area contributed by atoms with E-state index in [4.69, 9.17) is 0 Å². The first kappa shape index (κ1) is 17.6. The van der Waals surface area contributed by atoms with Crippen molar-refractivity contribution in [2.75, 3.05) is 7.05 Å². The zero-order chi connectivity index (χ0) is 15.3. The molecular formula is C19H37N. The van der Waals surface area contributed by atoms with Crippen molar-refractivity contribution in [1.29, 1.82) is 0 Å². The van der Waals surface area contributed by atoms with E-state index in [1.807, 2.05) is 0 Å². The Morgan fingerprint density at radius 2 is 1.70 bits per heavy atom. The summed E-state index contributed by atoms with van der Waals surface area (Å²) in [5.41, 5.74) is 3.16. The molecule has 0 bridgehead atoms. The Morgan fingerprint density at radius 1 is 1.05 bits per heavy atom.